The summed E-state index contributed by atoms with van der Waals surface area (Å²) in [6.45, 7) is 0.661. The number of nitrogens with two attached hydrogens (primary N) is 1. The van der Waals surface area contributed by atoms with Crippen LogP contribution in [-0.4, -0.2) is 53.0 Å². The van der Waals surface area contributed by atoms with Crippen molar-refractivity contribution >= 4 is 17.5 Å². The van der Waals surface area contributed by atoms with Gasteiger partial charge in [0.25, 0.3) is 11.8 Å². The van der Waals surface area contributed by atoms with Crippen molar-refractivity contribution in [1.29, 1.82) is 0 Å². The summed E-state index contributed by atoms with van der Waals surface area (Å²) < 4.78 is 0. The van der Waals surface area contributed by atoms with Crippen LogP contribution >= 0.6 is 0 Å². The van der Waals surface area contributed by atoms with Crippen LogP contribution in [0.5, 0.6) is 0 Å². The number of carbonyl (C=O) groups is 2. The second kappa shape index (κ2) is 6.01. The van der Waals surface area contributed by atoms with E-state index in [4.69, 9.17) is 20.5 Å². The Morgan fingerprint density at radius 3 is 2.86 bits per heavy atom. The Morgan fingerprint density at radius 2 is 2.14 bits per heavy atom. The number of aliphatic hydroxyl groups excluding tert-OH is 1. The molecule has 0 saturated carbocycles. The zero-order chi connectivity index (χ0) is 15.7. The van der Waals surface area contributed by atoms with Crippen LogP contribution in [0.2, 0.25) is 0 Å². The largest absolute Gasteiger partial charge is 0.398 e. The molecule has 8 nitrogen and oxygen atoms in total. The maximum absolute atomic E-state index is 12.5. The van der Waals surface area contributed by atoms with Gasteiger partial charge in [0.05, 0.1) is 24.3 Å². The molecule has 1 aromatic carbocycles. The van der Waals surface area contributed by atoms with Crippen molar-refractivity contribution in [2.45, 2.75) is 19.1 Å². The van der Waals surface area contributed by atoms with Crippen molar-refractivity contribution in [3.8, 4) is 0 Å². The molecule has 3 rings (SSSR count). The fourth-order valence-electron chi connectivity index (χ4n) is 2.56. The van der Waals surface area contributed by atoms with Gasteiger partial charge in [0, 0.05) is 18.7 Å². The summed E-state index contributed by atoms with van der Waals surface area (Å²) in [5.74, 6) is -0.867. The highest BCUT2D eigenvalue weighted by atomic mass is 17.0. The first kappa shape index (κ1) is 14.9. The summed E-state index contributed by atoms with van der Waals surface area (Å²) in [5, 5.41) is 10.0. The molecular formula is C14H17N3O5. The number of fused-ring (bicyclic) bond motifs is 1. The Kier molecular flexibility index (Phi) is 4.08. The van der Waals surface area contributed by atoms with Crippen molar-refractivity contribution in [2.75, 3.05) is 25.5 Å². The monoisotopic (exact) mass is 307 g/mol. The lowest BCUT2D eigenvalue weighted by atomic mass is 10.1. The number of hydrogen-bond acceptors (Lipinski definition) is 7. The van der Waals surface area contributed by atoms with Crippen LogP contribution in [0.25, 0.3) is 0 Å². The third-order valence-corrected chi connectivity index (χ3v) is 3.60. The molecule has 22 heavy (non-hydrogen) atoms. The number of amides is 2. The highest BCUT2D eigenvalue weighted by molar-refractivity contribution is 6.23. The first-order valence-corrected chi connectivity index (χ1v) is 7.08. The van der Waals surface area contributed by atoms with E-state index >= 15 is 0 Å². The number of anilines is 1. The molecule has 0 radical (unpaired) electrons. The van der Waals surface area contributed by atoms with Crippen LogP contribution in [0.15, 0.2) is 18.2 Å². The molecule has 0 aromatic heterocycles. The lowest BCUT2D eigenvalue weighted by molar-refractivity contribution is -0.424. The van der Waals surface area contributed by atoms with E-state index in [-0.39, 0.29) is 17.9 Å². The van der Waals surface area contributed by atoms with E-state index in [1.807, 2.05) is 0 Å². The van der Waals surface area contributed by atoms with Crippen molar-refractivity contribution in [1.82, 2.24) is 10.1 Å². The van der Waals surface area contributed by atoms with Crippen LogP contribution in [0, 0.1) is 0 Å². The minimum absolute atomic E-state index is 0.00254. The average Bonchev–Trinajstić information content (AvgIpc) is 2.78. The Hall–Kier alpha value is -2.00. The molecule has 118 valence electrons. The number of nitrogens with zero attached hydrogens (tertiary/aromatic N) is 2. The molecule has 1 unspecified atom stereocenters. The molecular weight excluding hydrogens is 290 g/mol. The van der Waals surface area contributed by atoms with Gasteiger partial charge in [-0.15, -0.1) is 0 Å². The molecule has 2 aliphatic heterocycles. The second-order valence-corrected chi connectivity index (χ2v) is 5.07. The summed E-state index contributed by atoms with van der Waals surface area (Å²) in [6, 6.07) is 4.81. The average molecular weight is 307 g/mol. The van der Waals surface area contributed by atoms with Gasteiger partial charge in [0.15, 0.2) is 6.23 Å². The van der Waals surface area contributed by atoms with E-state index in [2.05, 4.69) is 0 Å². The topological polar surface area (TPSA) is 105 Å². The number of rotatable bonds is 4. The van der Waals surface area contributed by atoms with Crippen LogP contribution in [-0.2, 0) is 9.68 Å². The Labute approximate surface area is 126 Å². The summed E-state index contributed by atoms with van der Waals surface area (Å²) >= 11 is 0. The van der Waals surface area contributed by atoms with Crippen molar-refractivity contribution in [3.05, 3.63) is 29.3 Å². The smallest absolute Gasteiger partial charge is 0.265 e. The Morgan fingerprint density at radius 1 is 1.32 bits per heavy atom. The normalized spacial score (nSPS) is 22.2. The molecule has 2 heterocycles. The molecule has 1 saturated heterocycles. The first-order valence-electron chi connectivity index (χ1n) is 7.08. The van der Waals surface area contributed by atoms with E-state index in [1.165, 1.54) is 5.23 Å². The highest BCUT2D eigenvalue weighted by Gasteiger charge is 2.43. The van der Waals surface area contributed by atoms with E-state index in [0.717, 1.165) is 4.90 Å². The van der Waals surface area contributed by atoms with Gasteiger partial charge >= 0.3 is 0 Å². The van der Waals surface area contributed by atoms with E-state index in [0.29, 0.717) is 31.6 Å². The number of hydrogen-bond donors (Lipinski definition) is 2. The predicted octanol–water partition coefficient (Wildman–Crippen LogP) is 0.142. The van der Waals surface area contributed by atoms with E-state index < -0.39 is 18.0 Å². The lowest BCUT2D eigenvalue weighted by Gasteiger charge is -2.34. The van der Waals surface area contributed by atoms with Crippen LogP contribution in [0.1, 0.15) is 33.6 Å². The molecule has 1 fully saturated rings. The summed E-state index contributed by atoms with van der Waals surface area (Å²) in [5.41, 5.74) is 6.61. The number of aliphatic hydroxyl groups is 1. The van der Waals surface area contributed by atoms with E-state index in [1.54, 1.807) is 18.2 Å². The second-order valence-electron chi connectivity index (χ2n) is 5.07. The van der Waals surface area contributed by atoms with Crippen molar-refractivity contribution in [2.24, 2.45) is 0 Å². The summed E-state index contributed by atoms with van der Waals surface area (Å²) in [7, 11) is 0. The standard InChI is InChI=1S/C14H17N3O5/c15-10-4-1-3-9-12(10)14(20)17(13(9)19)11-5-8-21-16(22-11)6-2-7-18/h1,3-4,11,18H,2,5-8,15H2. The Balaban J connectivity index is 1.80. The van der Waals surface area contributed by atoms with Crippen LogP contribution in [0.4, 0.5) is 5.69 Å². The molecule has 8 heteroatoms. The van der Waals surface area contributed by atoms with Gasteiger partial charge in [-0.2, -0.15) is 0 Å². The number of benzene rings is 1. The Bertz CT molecular complexity index is 606. The first-order chi connectivity index (χ1) is 10.6. The molecule has 0 bridgehead atoms. The summed E-state index contributed by atoms with van der Waals surface area (Å²) in [4.78, 5) is 36.8. The molecule has 0 aliphatic carbocycles. The third kappa shape index (κ3) is 2.46. The van der Waals surface area contributed by atoms with Crippen LogP contribution < -0.4 is 5.73 Å². The predicted molar refractivity (Wildman–Crippen MR) is 75.2 cm³/mol. The van der Waals surface area contributed by atoms with Gasteiger partial charge < -0.3 is 10.8 Å². The van der Waals surface area contributed by atoms with Crippen molar-refractivity contribution < 1.29 is 24.4 Å². The maximum Gasteiger partial charge on any atom is 0.265 e. The molecule has 0 spiro atoms. The molecule has 2 aliphatic rings. The molecule has 1 aromatic rings. The number of carbonyl (C=O) groups excluding carboxylic acids is 2. The highest BCUT2D eigenvalue weighted by Crippen LogP contribution is 2.31. The fraction of sp³-hybridized carbons (Fsp3) is 0.429. The van der Waals surface area contributed by atoms with Gasteiger partial charge in [-0.25, -0.2) is 9.74 Å². The molecule has 3 N–H and O–H groups in total. The quantitative estimate of drug-likeness (QED) is 0.602. The minimum Gasteiger partial charge on any atom is -0.398 e. The molecule has 1 atom stereocenters. The third-order valence-electron chi connectivity index (χ3n) is 3.60. The number of imide groups is 1. The fourth-order valence-corrected chi connectivity index (χ4v) is 2.56. The van der Waals surface area contributed by atoms with Gasteiger partial charge in [0.1, 0.15) is 0 Å². The zero-order valence-corrected chi connectivity index (χ0v) is 11.9. The lowest BCUT2D eigenvalue weighted by Crippen LogP contribution is -2.49. The maximum atomic E-state index is 12.5. The van der Waals surface area contributed by atoms with Gasteiger partial charge in [-0.05, 0) is 18.6 Å². The van der Waals surface area contributed by atoms with Crippen LogP contribution in [0.3, 0.4) is 0 Å². The SMILES string of the molecule is Nc1cccc2c1C(=O)N(C1CCON(CCCO)O1)C2=O. The minimum atomic E-state index is -0.737. The van der Waals surface area contributed by atoms with Gasteiger partial charge in [0.2, 0.25) is 0 Å². The van der Waals surface area contributed by atoms with Gasteiger partial charge in [-0.1, -0.05) is 11.3 Å². The zero-order valence-electron chi connectivity index (χ0n) is 11.9. The molecule has 2 amide bonds. The summed E-state index contributed by atoms with van der Waals surface area (Å²) in [6.07, 6.45) is 0.0993. The number of nitrogen functional groups attached to an aromatic ring is 1. The van der Waals surface area contributed by atoms with Crippen molar-refractivity contribution in [3.63, 3.8) is 0 Å². The van der Waals surface area contributed by atoms with Gasteiger partial charge in [-0.3, -0.25) is 14.4 Å². The number of hydroxylamine groups is 2. The van der Waals surface area contributed by atoms with E-state index in [9.17, 15) is 9.59 Å².